The molecule has 0 aliphatic carbocycles. The van der Waals surface area contributed by atoms with Crippen LogP contribution in [-0.4, -0.2) is 17.7 Å². The number of rotatable bonds is 4. The lowest BCUT2D eigenvalue weighted by molar-refractivity contribution is -0.142. The van der Waals surface area contributed by atoms with Crippen LogP contribution in [0.3, 0.4) is 0 Å². The molecule has 3 rings (SSSR count). The Hall–Kier alpha value is -2.62. The Morgan fingerprint density at radius 1 is 1.38 bits per heavy atom. The van der Waals surface area contributed by atoms with Crippen LogP contribution in [0.5, 0.6) is 0 Å². The Morgan fingerprint density at radius 2 is 2.24 bits per heavy atom. The van der Waals surface area contributed by atoms with Crippen molar-refractivity contribution in [2.75, 3.05) is 6.61 Å². The van der Waals surface area contributed by atoms with Gasteiger partial charge >= 0.3 is 5.97 Å². The van der Waals surface area contributed by atoms with Crippen molar-refractivity contribution in [1.82, 2.24) is 5.16 Å². The quantitative estimate of drug-likeness (QED) is 0.684. The van der Waals surface area contributed by atoms with Crippen LogP contribution in [0.4, 0.5) is 0 Å². The van der Waals surface area contributed by atoms with Crippen LogP contribution in [0, 0.1) is 0 Å². The molecule has 4 heteroatoms. The number of nitrogens with zero attached hydrogens (tertiary/aromatic N) is 1. The lowest BCUT2D eigenvalue weighted by Gasteiger charge is -2.03. The fourth-order valence-electron chi connectivity index (χ4n) is 2.45. The predicted molar refractivity (Wildman–Crippen MR) is 81.9 cm³/mol. The number of ether oxygens (including phenoxy) is 1. The summed E-state index contributed by atoms with van der Waals surface area (Å²) < 4.78 is 10.3. The fraction of sp³-hybridized carbons (Fsp3) is 0.176. The van der Waals surface area contributed by atoms with Gasteiger partial charge in [0.1, 0.15) is 5.69 Å². The lowest BCUT2D eigenvalue weighted by Crippen LogP contribution is -2.07. The summed E-state index contributed by atoms with van der Waals surface area (Å²) in [6.45, 7) is 5.92. The van der Waals surface area contributed by atoms with Gasteiger partial charge in [0.05, 0.1) is 18.4 Å². The second-order valence-electron chi connectivity index (χ2n) is 4.73. The first-order valence-electron chi connectivity index (χ1n) is 6.82. The van der Waals surface area contributed by atoms with Crippen molar-refractivity contribution in [1.29, 1.82) is 0 Å². The molecule has 0 aliphatic heterocycles. The van der Waals surface area contributed by atoms with Gasteiger partial charge in [-0.1, -0.05) is 36.0 Å². The van der Waals surface area contributed by atoms with Crippen molar-refractivity contribution in [3.05, 3.63) is 48.2 Å². The highest BCUT2D eigenvalue weighted by atomic mass is 16.5. The van der Waals surface area contributed by atoms with Gasteiger partial charge in [0.25, 0.3) is 0 Å². The Bertz CT molecular complexity index is 833. The minimum Gasteiger partial charge on any atom is -0.466 e. The molecule has 0 amide bonds. The van der Waals surface area contributed by atoms with Gasteiger partial charge in [0.2, 0.25) is 0 Å². The van der Waals surface area contributed by atoms with E-state index in [4.69, 9.17) is 9.26 Å². The average Bonchev–Trinajstić information content (AvgIpc) is 2.90. The van der Waals surface area contributed by atoms with Crippen molar-refractivity contribution >= 4 is 33.8 Å². The van der Waals surface area contributed by atoms with Crippen LogP contribution in [-0.2, 0) is 16.0 Å². The van der Waals surface area contributed by atoms with E-state index < -0.39 is 0 Å². The average molecular weight is 281 g/mol. The summed E-state index contributed by atoms with van der Waals surface area (Å²) >= 11 is 0. The number of hydrogen-bond acceptors (Lipinski definition) is 4. The molecule has 0 fully saturated rings. The zero-order chi connectivity index (χ0) is 14.8. The maximum absolute atomic E-state index is 11.7. The third-order valence-corrected chi connectivity index (χ3v) is 3.40. The van der Waals surface area contributed by atoms with E-state index >= 15 is 0 Å². The highest BCUT2D eigenvalue weighted by Crippen LogP contribution is 2.29. The fourth-order valence-corrected chi connectivity index (χ4v) is 2.45. The zero-order valence-electron chi connectivity index (χ0n) is 11.8. The minimum absolute atomic E-state index is 0.114. The van der Waals surface area contributed by atoms with Crippen LogP contribution < -0.4 is 0 Å². The molecule has 0 radical (unpaired) electrons. The summed E-state index contributed by atoms with van der Waals surface area (Å²) in [7, 11) is 0. The van der Waals surface area contributed by atoms with Crippen molar-refractivity contribution in [2.24, 2.45) is 0 Å². The maximum Gasteiger partial charge on any atom is 0.312 e. The highest BCUT2D eigenvalue weighted by Gasteiger charge is 2.15. The number of carbonyl (C=O) groups is 1. The van der Waals surface area contributed by atoms with Crippen LogP contribution in [0.1, 0.15) is 18.2 Å². The molecule has 4 nitrogen and oxygen atoms in total. The van der Waals surface area contributed by atoms with Gasteiger partial charge in [-0.25, -0.2) is 0 Å². The molecule has 2 aromatic carbocycles. The van der Waals surface area contributed by atoms with Crippen molar-refractivity contribution < 1.29 is 14.1 Å². The summed E-state index contributed by atoms with van der Waals surface area (Å²) in [4.78, 5) is 11.7. The largest absolute Gasteiger partial charge is 0.466 e. The van der Waals surface area contributed by atoms with Crippen LogP contribution in [0.25, 0.3) is 27.8 Å². The Kier molecular flexibility index (Phi) is 3.44. The monoisotopic (exact) mass is 281 g/mol. The number of carbonyl (C=O) groups excluding carboxylic acids is 1. The lowest BCUT2D eigenvalue weighted by atomic mass is 10.0. The normalized spacial score (nSPS) is 10.9. The molecule has 3 aromatic rings. The summed E-state index contributed by atoms with van der Waals surface area (Å²) in [5.74, 6) is -0.299. The number of aromatic nitrogens is 1. The Morgan fingerprint density at radius 3 is 3.00 bits per heavy atom. The smallest absolute Gasteiger partial charge is 0.312 e. The number of fused-ring (bicyclic) bond motifs is 3. The van der Waals surface area contributed by atoms with Crippen LogP contribution >= 0.6 is 0 Å². The minimum atomic E-state index is -0.299. The predicted octanol–water partition coefficient (Wildman–Crippen LogP) is 3.73. The highest BCUT2D eigenvalue weighted by molar-refractivity contribution is 6.08. The molecule has 1 aromatic heterocycles. The number of benzene rings is 2. The maximum atomic E-state index is 11.7. The van der Waals surface area contributed by atoms with E-state index in [2.05, 4.69) is 11.7 Å². The van der Waals surface area contributed by atoms with Gasteiger partial charge in [0, 0.05) is 0 Å². The second-order valence-corrected chi connectivity index (χ2v) is 4.73. The van der Waals surface area contributed by atoms with Gasteiger partial charge in [-0.05, 0) is 35.4 Å². The first-order chi connectivity index (χ1) is 10.2. The van der Waals surface area contributed by atoms with Crippen LogP contribution in [0.15, 0.2) is 41.4 Å². The standard InChI is InChI=1S/C17H15NO3/c1-3-11-5-7-13-12(9-11)6-8-15-17(13)14(18-21-15)10-16(19)20-4-2/h3,5-9H,1,4,10H2,2H3. The van der Waals surface area contributed by atoms with E-state index in [0.717, 1.165) is 21.7 Å². The van der Waals surface area contributed by atoms with Gasteiger partial charge in [-0.3, -0.25) is 4.79 Å². The summed E-state index contributed by atoms with van der Waals surface area (Å²) in [6, 6.07) is 9.87. The molecule has 0 bridgehead atoms. The van der Waals surface area contributed by atoms with E-state index in [1.807, 2.05) is 30.3 Å². The van der Waals surface area contributed by atoms with Crippen molar-refractivity contribution in [3.63, 3.8) is 0 Å². The van der Waals surface area contributed by atoms with E-state index in [1.165, 1.54) is 0 Å². The third-order valence-electron chi connectivity index (χ3n) is 3.40. The van der Waals surface area contributed by atoms with Gasteiger partial charge in [-0.2, -0.15) is 0 Å². The Balaban J connectivity index is 2.16. The molecule has 106 valence electrons. The third kappa shape index (κ3) is 2.40. The molecular weight excluding hydrogens is 266 g/mol. The van der Waals surface area contributed by atoms with E-state index in [-0.39, 0.29) is 12.4 Å². The van der Waals surface area contributed by atoms with E-state index in [1.54, 1.807) is 13.0 Å². The molecule has 0 atom stereocenters. The molecule has 21 heavy (non-hydrogen) atoms. The number of hydrogen-bond donors (Lipinski definition) is 0. The molecule has 0 unspecified atom stereocenters. The van der Waals surface area contributed by atoms with Gasteiger partial charge in [0.15, 0.2) is 5.58 Å². The molecular formula is C17H15NO3. The molecule has 0 saturated carbocycles. The van der Waals surface area contributed by atoms with Gasteiger partial charge < -0.3 is 9.26 Å². The molecule has 0 aliphatic rings. The molecule has 0 spiro atoms. The topological polar surface area (TPSA) is 52.3 Å². The summed E-state index contributed by atoms with van der Waals surface area (Å²) in [6.07, 6.45) is 1.92. The van der Waals surface area contributed by atoms with Crippen molar-refractivity contribution in [3.8, 4) is 0 Å². The Labute approximate surface area is 122 Å². The zero-order valence-corrected chi connectivity index (χ0v) is 11.8. The SMILES string of the molecule is C=Cc1ccc2c(ccc3onc(CC(=O)OCC)c32)c1. The second kappa shape index (κ2) is 5.40. The first kappa shape index (κ1) is 13.4. The first-order valence-corrected chi connectivity index (χ1v) is 6.82. The van der Waals surface area contributed by atoms with Gasteiger partial charge in [-0.15, -0.1) is 0 Å². The van der Waals surface area contributed by atoms with E-state index in [0.29, 0.717) is 17.9 Å². The summed E-state index contributed by atoms with van der Waals surface area (Å²) in [5.41, 5.74) is 2.33. The number of esters is 1. The molecule has 1 heterocycles. The van der Waals surface area contributed by atoms with Crippen LogP contribution in [0.2, 0.25) is 0 Å². The summed E-state index contributed by atoms with van der Waals surface area (Å²) in [5, 5.41) is 6.96. The van der Waals surface area contributed by atoms with Crippen molar-refractivity contribution in [2.45, 2.75) is 13.3 Å². The molecule has 0 saturated heterocycles. The van der Waals surface area contributed by atoms with E-state index in [9.17, 15) is 4.79 Å². The molecule has 0 N–H and O–H groups in total.